The Labute approximate surface area is 148 Å². The molecule has 1 aliphatic heterocycles. The van der Waals surface area contributed by atoms with Crippen LogP contribution in [0.25, 0.3) is 11.3 Å². The quantitative estimate of drug-likeness (QED) is 0.903. The summed E-state index contributed by atoms with van der Waals surface area (Å²) in [6.45, 7) is 7.51. The van der Waals surface area contributed by atoms with E-state index in [0.717, 1.165) is 12.0 Å². The zero-order valence-corrected chi connectivity index (χ0v) is 15.1. The van der Waals surface area contributed by atoms with Gasteiger partial charge in [0.25, 0.3) is 5.91 Å². The molecule has 5 nitrogen and oxygen atoms in total. The highest BCUT2D eigenvalue weighted by Gasteiger charge is 2.36. The Hall–Kier alpha value is -1.85. The molecule has 24 heavy (non-hydrogen) atoms. The van der Waals surface area contributed by atoms with Crippen LogP contribution in [0.1, 0.15) is 36.4 Å². The first-order valence-electron chi connectivity index (χ1n) is 7.95. The molecule has 6 heteroatoms. The third-order valence-corrected chi connectivity index (χ3v) is 4.67. The number of hydrogen-bond donors (Lipinski definition) is 1. The Kier molecular flexibility index (Phi) is 5.35. The van der Waals surface area contributed by atoms with Crippen molar-refractivity contribution >= 4 is 18.3 Å². The second kappa shape index (κ2) is 6.95. The summed E-state index contributed by atoms with van der Waals surface area (Å²) >= 11 is 0. The molecule has 2 heterocycles. The minimum atomic E-state index is -0.115. The van der Waals surface area contributed by atoms with E-state index in [1.54, 1.807) is 6.07 Å². The number of aromatic nitrogens is 1. The van der Waals surface area contributed by atoms with Crippen molar-refractivity contribution in [2.24, 2.45) is 11.1 Å². The molecule has 1 aromatic carbocycles. The monoisotopic (exact) mass is 349 g/mol. The maximum absolute atomic E-state index is 12.6. The summed E-state index contributed by atoms with van der Waals surface area (Å²) in [5.41, 5.74) is 8.85. The Balaban J connectivity index is 0.00000208. The lowest BCUT2D eigenvalue weighted by atomic mass is 9.79. The predicted octanol–water partition coefficient (Wildman–Crippen LogP) is 3.27. The smallest absolute Gasteiger partial charge is 0.292 e. The number of likely N-dealkylation sites (tertiary alicyclic amines) is 1. The molecule has 1 unspecified atom stereocenters. The van der Waals surface area contributed by atoms with Gasteiger partial charge in [0.15, 0.2) is 0 Å². The first kappa shape index (κ1) is 18.5. The number of aryl methyl sites for hydroxylation is 1. The van der Waals surface area contributed by atoms with E-state index in [1.807, 2.05) is 36.1 Å². The van der Waals surface area contributed by atoms with Crippen LogP contribution in [0, 0.1) is 12.3 Å². The topological polar surface area (TPSA) is 72.4 Å². The maximum atomic E-state index is 12.6. The summed E-state index contributed by atoms with van der Waals surface area (Å²) in [5.74, 6) is 0.169. The van der Waals surface area contributed by atoms with Crippen LogP contribution in [0.15, 0.2) is 34.9 Å². The molecule has 0 aliphatic carbocycles. The summed E-state index contributed by atoms with van der Waals surface area (Å²) in [4.78, 5) is 14.5. The number of halogens is 1. The van der Waals surface area contributed by atoms with Gasteiger partial charge < -0.3 is 15.2 Å². The van der Waals surface area contributed by atoms with Crippen LogP contribution in [-0.4, -0.2) is 35.1 Å². The molecule has 3 rings (SSSR count). The van der Waals surface area contributed by atoms with Crippen molar-refractivity contribution in [2.45, 2.75) is 33.2 Å². The molecule has 0 spiro atoms. The van der Waals surface area contributed by atoms with Crippen molar-refractivity contribution in [3.05, 3.63) is 41.7 Å². The number of nitrogens with two attached hydrogens (primary N) is 1. The van der Waals surface area contributed by atoms with Crippen molar-refractivity contribution in [1.29, 1.82) is 0 Å². The number of piperidine rings is 1. The molecule has 130 valence electrons. The van der Waals surface area contributed by atoms with Crippen LogP contribution in [-0.2, 0) is 0 Å². The minimum absolute atomic E-state index is 0. The summed E-state index contributed by atoms with van der Waals surface area (Å²) in [7, 11) is 0. The van der Waals surface area contributed by atoms with Crippen molar-refractivity contribution in [2.75, 3.05) is 13.1 Å². The molecule has 2 aromatic rings. The molecule has 1 amide bonds. The zero-order valence-electron chi connectivity index (χ0n) is 14.3. The number of carbonyl (C=O) groups is 1. The van der Waals surface area contributed by atoms with Crippen molar-refractivity contribution in [1.82, 2.24) is 10.1 Å². The van der Waals surface area contributed by atoms with Crippen LogP contribution in [0.5, 0.6) is 0 Å². The van der Waals surface area contributed by atoms with Gasteiger partial charge in [-0.05, 0) is 18.8 Å². The molecule has 1 fully saturated rings. The highest BCUT2D eigenvalue weighted by Crippen LogP contribution is 2.29. The lowest BCUT2D eigenvalue weighted by Gasteiger charge is -2.42. The fourth-order valence-electron chi connectivity index (χ4n) is 2.94. The van der Waals surface area contributed by atoms with Crippen LogP contribution >= 0.6 is 12.4 Å². The van der Waals surface area contributed by atoms with E-state index in [1.165, 1.54) is 5.56 Å². The number of hydrogen-bond acceptors (Lipinski definition) is 4. The normalized spacial score (nSPS) is 19.7. The van der Waals surface area contributed by atoms with Gasteiger partial charge in [0.05, 0.1) is 0 Å². The van der Waals surface area contributed by atoms with E-state index < -0.39 is 0 Å². The number of amides is 1. The van der Waals surface area contributed by atoms with Crippen molar-refractivity contribution in [3.8, 4) is 11.3 Å². The Morgan fingerprint density at radius 2 is 2.00 bits per heavy atom. The highest BCUT2D eigenvalue weighted by atomic mass is 35.5. The summed E-state index contributed by atoms with van der Waals surface area (Å²) in [6, 6.07) is 9.81. The van der Waals surface area contributed by atoms with Gasteiger partial charge in [-0.1, -0.05) is 48.8 Å². The summed E-state index contributed by atoms with van der Waals surface area (Å²) in [5, 5.41) is 4.04. The van der Waals surface area contributed by atoms with E-state index in [9.17, 15) is 4.79 Å². The Morgan fingerprint density at radius 3 is 2.62 bits per heavy atom. The van der Waals surface area contributed by atoms with Crippen LogP contribution in [0.3, 0.4) is 0 Å². The van der Waals surface area contributed by atoms with Gasteiger partial charge in [-0.15, -0.1) is 12.4 Å². The number of carbonyl (C=O) groups excluding carboxylic acids is 1. The molecular weight excluding hydrogens is 326 g/mol. The minimum Gasteiger partial charge on any atom is -0.350 e. The summed E-state index contributed by atoms with van der Waals surface area (Å²) < 4.78 is 5.29. The third kappa shape index (κ3) is 3.62. The second-order valence-electron chi connectivity index (χ2n) is 7.05. The first-order valence-corrected chi connectivity index (χ1v) is 7.95. The van der Waals surface area contributed by atoms with E-state index in [2.05, 4.69) is 19.0 Å². The lowest BCUT2D eigenvalue weighted by molar-refractivity contribution is 0.0495. The van der Waals surface area contributed by atoms with Gasteiger partial charge in [-0.25, -0.2) is 0 Å². The SMILES string of the molecule is Cc1ccc(-c2cc(C(=O)N3CCC(N)C(C)(C)C3)on2)cc1.Cl. The number of benzene rings is 1. The highest BCUT2D eigenvalue weighted by molar-refractivity contribution is 5.92. The third-order valence-electron chi connectivity index (χ3n) is 4.67. The fraction of sp³-hybridized carbons (Fsp3) is 0.444. The van der Waals surface area contributed by atoms with Gasteiger partial charge in [0.1, 0.15) is 5.69 Å². The van der Waals surface area contributed by atoms with E-state index in [-0.39, 0.29) is 35.5 Å². The molecule has 1 aliphatic rings. The molecule has 1 aromatic heterocycles. The molecule has 0 bridgehead atoms. The van der Waals surface area contributed by atoms with Crippen LogP contribution < -0.4 is 5.73 Å². The van der Waals surface area contributed by atoms with Gasteiger partial charge in [0, 0.05) is 30.8 Å². The van der Waals surface area contributed by atoms with Gasteiger partial charge in [-0.2, -0.15) is 0 Å². The van der Waals surface area contributed by atoms with Gasteiger partial charge in [0.2, 0.25) is 5.76 Å². The molecule has 1 atom stereocenters. The van der Waals surface area contributed by atoms with Crippen LogP contribution in [0.4, 0.5) is 0 Å². The second-order valence-corrected chi connectivity index (χ2v) is 7.05. The molecular formula is C18H24ClN3O2. The summed E-state index contributed by atoms with van der Waals surface area (Å²) in [6.07, 6.45) is 0.803. The largest absolute Gasteiger partial charge is 0.350 e. The molecule has 0 radical (unpaired) electrons. The Bertz CT molecular complexity index is 709. The molecule has 2 N–H and O–H groups in total. The fourth-order valence-corrected chi connectivity index (χ4v) is 2.94. The van der Waals surface area contributed by atoms with Gasteiger partial charge in [-0.3, -0.25) is 4.79 Å². The number of nitrogens with zero attached hydrogens (tertiary/aromatic N) is 2. The molecule has 0 saturated carbocycles. The van der Waals surface area contributed by atoms with E-state index in [0.29, 0.717) is 18.8 Å². The van der Waals surface area contributed by atoms with Crippen molar-refractivity contribution in [3.63, 3.8) is 0 Å². The lowest BCUT2D eigenvalue weighted by Crippen LogP contribution is -2.53. The maximum Gasteiger partial charge on any atom is 0.292 e. The standard InChI is InChI=1S/C18H23N3O2.ClH/c1-12-4-6-13(7-5-12)14-10-15(23-20-14)17(22)21-9-8-16(19)18(2,3)11-21;/h4-7,10,16H,8-9,11,19H2,1-3H3;1H. The average Bonchev–Trinajstić information content (AvgIpc) is 3.00. The average molecular weight is 350 g/mol. The Morgan fingerprint density at radius 1 is 1.33 bits per heavy atom. The predicted molar refractivity (Wildman–Crippen MR) is 96.2 cm³/mol. The number of rotatable bonds is 2. The van der Waals surface area contributed by atoms with E-state index >= 15 is 0 Å². The van der Waals surface area contributed by atoms with Crippen LogP contribution in [0.2, 0.25) is 0 Å². The van der Waals surface area contributed by atoms with Gasteiger partial charge >= 0.3 is 0 Å². The van der Waals surface area contributed by atoms with Crippen molar-refractivity contribution < 1.29 is 9.32 Å². The first-order chi connectivity index (χ1) is 10.9. The zero-order chi connectivity index (χ0) is 16.6. The van der Waals surface area contributed by atoms with E-state index in [4.69, 9.17) is 10.3 Å². The molecule has 1 saturated heterocycles.